The van der Waals surface area contributed by atoms with E-state index in [0.29, 0.717) is 12.3 Å². The Bertz CT molecular complexity index is 179. The molecule has 0 atom stereocenters. The van der Waals surface area contributed by atoms with Gasteiger partial charge >= 0.3 is 0 Å². The second-order valence-corrected chi connectivity index (χ2v) is 1.51. The summed E-state index contributed by atoms with van der Waals surface area (Å²) in [5.41, 5.74) is 0. The van der Waals surface area contributed by atoms with Gasteiger partial charge in [0.15, 0.2) is 5.89 Å². The summed E-state index contributed by atoms with van der Waals surface area (Å²) in [5, 5.41) is 8.22. The third kappa shape index (κ3) is 1.60. The lowest BCUT2D eigenvalue weighted by Crippen LogP contribution is -1.77. The summed E-state index contributed by atoms with van der Waals surface area (Å²) in [4.78, 5) is 3.82. The van der Waals surface area contributed by atoms with Crippen LogP contribution in [-0.2, 0) is 6.42 Å². The molecule has 1 aromatic heterocycles. The fourth-order valence-corrected chi connectivity index (χ4v) is 0.507. The van der Waals surface area contributed by atoms with E-state index in [9.17, 15) is 0 Å². The van der Waals surface area contributed by atoms with Gasteiger partial charge in [0, 0.05) is 6.42 Å². The Kier molecular flexibility index (Phi) is 1.90. The number of aliphatic hydroxyl groups is 1. The quantitative estimate of drug-likeness (QED) is 0.606. The molecule has 0 aliphatic carbocycles. The average molecular weight is 125 g/mol. The van der Waals surface area contributed by atoms with E-state index in [2.05, 4.69) is 4.98 Å². The maximum Gasteiger partial charge on any atom is 0.197 e. The summed E-state index contributed by atoms with van der Waals surface area (Å²) in [6.07, 6.45) is 6.15. The number of oxazole rings is 1. The van der Waals surface area contributed by atoms with Crippen molar-refractivity contribution in [3.8, 4) is 0 Å². The molecule has 3 heteroatoms. The van der Waals surface area contributed by atoms with Crippen molar-refractivity contribution in [1.82, 2.24) is 4.98 Å². The van der Waals surface area contributed by atoms with Crippen LogP contribution in [0.1, 0.15) is 5.89 Å². The first kappa shape index (κ1) is 5.88. The third-order valence-electron chi connectivity index (χ3n) is 0.881. The lowest BCUT2D eigenvalue weighted by atomic mass is 10.4. The van der Waals surface area contributed by atoms with Gasteiger partial charge in [-0.2, -0.15) is 0 Å². The van der Waals surface area contributed by atoms with Gasteiger partial charge in [-0.3, -0.25) is 0 Å². The maximum absolute atomic E-state index is 8.22. The minimum Gasteiger partial charge on any atom is -0.516 e. The van der Waals surface area contributed by atoms with Crippen LogP contribution in [-0.4, -0.2) is 10.1 Å². The summed E-state index contributed by atoms with van der Waals surface area (Å²) in [6, 6.07) is 0. The molecule has 0 saturated carbocycles. The lowest BCUT2D eigenvalue weighted by molar-refractivity contribution is 0.466. The van der Waals surface area contributed by atoms with E-state index >= 15 is 0 Å². The van der Waals surface area contributed by atoms with Gasteiger partial charge in [0.1, 0.15) is 6.26 Å². The Balaban J connectivity index is 2.48. The highest BCUT2D eigenvalue weighted by Crippen LogP contribution is 1.94. The van der Waals surface area contributed by atoms with Gasteiger partial charge in [0.25, 0.3) is 0 Å². The smallest absolute Gasteiger partial charge is 0.197 e. The summed E-state index contributed by atoms with van der Waals surface area (Å²) < 4.78 is 4.86. The number of rotatable bonds is 2. The Labute approximate surface area is 52.6 Å². The van der Waals surface area contributed by atoms with Crippen LogP contribution in [0.4, 0.5) is 0 Å². The van der Waals surface area contributed by atoms with Crippen molar-refractivity contribution in [2.45, 2.75) is 6.42 Å². The van der Waals surface area contributed by atoms with Crippen LogP contribution in [0.3, 0.4) is 0 Å². The van der Waals surface area contributed by atoms with E-state index < -0.39 is 0 Å². The van der Waals surface area contributed by atoms with Crippen molar-refractivity contribution in [2.24, 2.45) is 0 Å². The lowest BCUT2D eigenvalue weighted by Gasteiger charge is -1.81. The first-order chi connectivity index (χ1) is 4.43. The highest BCUT2D eigenvalue weighted by molar-refractivity contribution is 4.88. The highest BCUT2D eigenvalue weighted by Gasteiger charge is 1.89. The molecule has 1 aromatic rings. The van der Waals surface area contributed by atoms with Crippen LogP contribution < -0.4 is 0 Å². The van der Waals surface area contributed by atoms with E-state index in [-0.39, 0.29) is 0 Å². The Hall–Kier alpha value is -1.25. The zero-order valence-electron chi connectivity index (χ0n) is 4.82. The van der Waals surface area contributed by atoms with Gasteiger partial charge < -0.3 is 9.52 Å². The molecule has 48 valence electrons. The zero-order valence-corrected chi connectivity index (χ0v) is 4.82. The van der Waals surface area contributed by atoms with Gasteiger partial charge in [-0.05, 0) is 6.08 Å². The molecule has 0 bridgehead atoms. The predicted molar refractivity (Wildman–Crippen MR) is 32.0 cm³/mol. The largest absolute Gasteiger partial charge is 0.516 e. The van der Waals surface area contributed by atoms with Gasteiger partial charge in [-0.1, -0.05) is 0 Å². The van der Waals surface area contributed by atoms with Crippen LogP contribution in [0, 0.1) is 0 Å². The van der Waals surface area contributed by atoms with Crippen LogP contribution in [0.2, 0.25) is 0 Å². The fraction of sp³-hybridized carbons (Fsp3) is 0.167. The molecule has 0 saturated heterocycles. The van der Waals surface area contributed by atoms with Crippen molar-refractivity contribution in [3.05, 3.63) is 30.7 Å². The normalized spacial score (nSPS) is 10.7. The number of hydrogen-bond acceptors (Lipinski definition) is 3. The second kappa shape index (κ2) is 2.91. The predicted octanol–water partition coefficient (Wildman–Crippen LogP) is 1.29. The number of aromatic nitrogens is 1. The first-order valence-electron chi connectivity index (χ1n) is 2.61. The minimum absolute atomic E-state index is 0.545. The average Bonchev–Trinajstić information content (AvgIpc) is 2.34. The molecule has 0 spiro atoms. The number of allylic oxidation sites excluding steroid dienone is 1. The molecule has 0 radical (unpaired) electrons. The third-order valence-corrected chi connectivity index (χ3v) is 0.881. The summed E-state index contributed by atoms with van der Waals surface area (Å²) >= 11 is 0. The zero-order chi connectivity index (χ0) is 6.53. The number of hydrogen-bond donors (Lipinski definition) is 1. The Morgan fingerprint density at radius 2 is 2.67 bits per heavy atom. The molecule has 1 N–H and O–H groups in total. The van der Waals surface area contributed by atoms with E-state index in [1.165, 1.54) is 6.26 Å². The van der Waals surface area contributed by atoms with E-state index in [0.717, 1.165) is 6.26 Å². The van der Waals surface area contributed by atoms with E-state index in [1.807, 2.05) is 0 Å². The van der Waals surface area contributed by atoms with Crippen molar-refractivity contribution < 1.29 is 9.52 Å². The molecule has 0 fully saturated rings. The molecule has 3 nitrogen and oxygen atoms in total. The van der Waals surface area contributed by atoms with Gasteiger partial charge in [-0.25, -0.2) is 4.98 Å². The number of nitrogens with zero attached hydrogens (tertiary/aromatic N) is 1. The van der Waals surface area contributed by atoms with Crippen molar-refractivity contribution in [1.29, 1.82) is 0 Å². The molecule has 9 heavy (non-hydrogen) atoms. The number of aliphatic hydroxyl groups excluding tert-OH is 1. The molecular formula is C6H7NO2. The monoisotopic (exact) mass is 125 g/mol. The Morgan fingerprint density at radius 3 is 3.22 bits per heavy atom. The molecule has 0 aliphatic heterocycles. The molecule has 1 rings (SSSR count). The minimum atomic E-state index is 0.545. The molecule has 0 aliphatic rings. The van der Waals surface area contributed by atoms with Crippen molar-refractivity contribution in [3.63, 3.8) is 0 Å². The fourth-order valence-electron chi connectivity index (χ4n) is 0.507. The summed E-state index contributed by atoms with van der Waals surface area (Å²) in [6.45, 7) is 0. The van der Waals surface area contributed by atoms with Crippen LogP contribution in [0.15, 0.2) is 29.2 Å². The molecule has 0 aromatic carbocycles. The summed E-state index contributed by atoms with van der Waals surface area (Å²) in [5.74, 6) is 0.611. The molecular weight excluding hydrogens is 118 g/mol. The van der Waals surface area contributed by atoms with Crippen LogP contribution in [0.5, 0.6) is 0 Å². The standard InChI is InChI=1S/C6H7NO2/c8-4-1-2-6-7-3-5-9-6/h1,3-5,8H,2H2. The van der Waals surface area contributed by atoms with E-state index in [1.54, 1.807) is 12.3 Å². The highest BCUT2D eigenvalue weighted by atomic mass is 16.3. The van der Waals surface area contributed by atoms with Crippen molar-refractivity contribution >= 4 is 0 Å². The van der Waals surface area contributed by atoms with Crippen molar-refractivity contribution in [2.75, 3.05) is 0 Å². The maximum atomic E-state index is 8.22. The van der Waals surface area contributed by atoms with Crippen LogP contribution in [0.25, 0.3) is 0 Å². The first-order valence-corrected chi connectivity index (χ1v) is 2.61. The van der Waals surface area contributed by atoms with E-state index in [4.69, 9.17) is 9.52 Å². The molecule has 0 amide bonds. The van der Waals surface area contributed by atoms with Gasteiger partial charge in [-0.15, -0.1) is 0 Å². The molecule has 1 heterocycles. The Morgan fingerprint density at radius 1 is 1.78 bits per heavy atom. The second-order valence-electron chi connectivity index (χ2n) is 1.51. The summed E-state index contributed by atoms with van der Waals surface area (Å²) in [7, 11) is 0. The van der Waals surface area contributed by atoms with Gasteiger partial charge in [0.05, 0.1) is 12.5 Å². The van der Waals surface area contributed by atoms with Crippen LogP contribution >= 0.6 is 0 Å². The molecule has 0 unspecified atom stereocenters. The van der Waals surface area contributed by atoms with Gasteiger partial charge in [0.2, 0.25) is 0 Å². The SMILES string of the molecule is OC=CCc1ncco1. The topological polar surface area (TPSA) is 46.3 Å².